The zero-order valence-electron chi connectivity index (χ0n) is 20.2. The smallest absolute Gasteiger partial charge is 0.0583 e. The number of aliphatic hydroxyl groups excluding tert-OH is 2. The number of aliphatic hydroxyl groups is 2. The van der Waals surface area contributed by atoms with Gasteiger partial charge in [-0.25, -0.2) is 0 Å². The van der Waals surface area contributed by atoms with Gasteiger partial charge in [0, 0.05) is 0 Å². The molecule has 3 saturated carbocycles. The minimum absolute atomic E-state index is 0.188. The number of hydrogen-bond acceptors (Lipinski definition) is 2. The summed E-state index contributed by atoms with van der Waals surface area (Å²) >= 11 is 0. The van der Waals surface area contributed by atoms with Crippen molar-refractivity contribution in [2.24, 2.45) is 35.0 Å². The lowest BCUT2D eigenvalue weighted by Gasteiger charge is -2.45. The first kappa shape index (κ1) is 23.8. The molecule has 0 aromatic heterocycles. The number of rotatable bonds is 6. The highest BCUT2D eigenvalue weighted by Gasteiger charge is 2.51. The van der Waals surface area contributed by atoms with Crippen molar-refractivity contribution in [1.29, 1.82) is 0 Å². The Balaban J connectivity index is 1.74. The molecule has 0 amide bonds. The summed E-state index contributed by atoms with van der Waals surface area (Å²) in [6, 6.07) is 0. The SMILES string of the molecule is C=C1CC[C@H](O)C/C1=C\C=C1/CCC[C@]2(C)[C@@H]([C@H](C)[C@H](O)C[C@H](C)C(C)C)CC[C@@H]12. The molecule has 0 saturated heterocycles. The summed E-state index contributed by atoms with van der Waals surface area (Å²) in [4.78, 5) is 0. The molecule has 0 bridgehead atoms. The van der Waals surface area contributed by atoms with Crippen molar-refractivity contribution in [2.45, 2.75) is 105 Å². The van der Waals surface area contributed by atoms with Crippen molar-refractivity contribution >= 4 is 0 Å². The first-order valence-electron chi connectivity index (χ1n) is 12.6. The summed E-state index contributed by atoms with van der Waals surface area (Å²) in [7, 11) is 0. The molecule has 3 aliphatic carbocycles. The maximum absolute atomic E-state index is 11.0. The van der Waals surface area contributed by atoms with E-state index in [9.17, 15) is 10.2 Å². The predicted octanol–water partition coefficient (Wildman–Crippen LogP) is 6.84. The second kappa shape index (κ2) is 9.74. The predicted molar refractivity (Wildman–Crippen MR) is 127 cm³/mol. The van der Waals surface area contributed by atoms with E-state index in [1.165, 1.54) is 43.3 Å². The van der Waals surface area contributed by atoms with Gasteiger partial charge in [0.25, 0.3) is 0 Å². The molecular weight excluding hydrogens is 368 g/mol. The van der Waals surface area contributed by atoms with E-state index in [1.54, 1.807) is 5.57 Å². The Morgan fingerprint density at radius 2 is 1.83 bits per heavy atom. The van der Waals surface area contributed by atoms with Crippen LogP contribution in [0.2, 0.25) is 0 Å². The Bertz CT molecular complexity index is 672. The molecule has 3 aliphatic rings. The summed E-state index contributed by atoms with van der Waals surface area (Å²) in [5.41, 5.74) is 4.36. The third kappa shape index (κ3) is 4.96. The van der Waals surface area contributed by atoms with Crippen molar-refractivity contribution in [3.8, 4) is 0 Å². The van der Waals surface area contributed by atoms with Gasteiger partial charge in [-0.3, -0.25) is 0 Å². The Morgan fingerprint density at radius 1 is 1.10 bits per heavy atom. The van der Waals surface area contributed by atoms with Gasteiger partial charge >= 0.3 is 0 Å². The molecule has 30 heavy (non-hydrogen) atoms. The van der Waals surface area contributed by atoms with Gasteiger partial charge in [0.05, 0.1) is 12.2 Å². The standard InChI is InChI=1S/C28H46O2/c1-18(2)20(4)16-27(30)21(5)25-13-14-26-22(8-7-15-28(25,26)6)10-11-23-17-24(29)12-9-19(23)3/h10-11,18,20-21,24-27,29-30H,3,7-9,12-17H2,1-2,4-6H3/b22-10+,23-11+/t20-,21-,24-,25+,26-,27+,28+/m0/s1. The summed E-state index contributed by atoms with van der Waals surface area (Å²) in [6.45, 7) is 15.9. The Morgan fingerprint density at radius 3 is 2.53 bits per heavy atom. The molecule has 3 rings (SSSR count). The first-order valence-corrected chi connectivity index (χ1v) is 12.6. The topological polar surface area (TPSA) is 40.5 Å². The van der Waals surface area contributed by atoms with Crippen molar-refractivity contribution in [1.82, 2.24) is 0 Å². The van der Waals surface area contributed by atoms with Gasteiger partial charge in [0.15, 0.2) is 0 Å². The molecule has 0 radical (unpaired) electrons. The largest absolute Gasteiger partial charge is 0.393 e. The third-order valence-electron chi connectivity index (χ3n) is 9.22. The zero-order chi connectivity index (χ0) is 22.1. The van der Waals surface area contributed by atoms with E-state index in [0.717, 1.165) is 25.7 Å². The molecule has 0 spiro atoms. The Kier molecular flexibility index (Phi) is 7.72. The highest BCUT2D eigenvalue weighted by atomic mass is 16.3. The molecule has 2 heteroatoms. The van der Waals surface area contributed by atoms with Crippen molar-refractivity contribution in [2.75, 3.05) is 0 Å². The maximum Gasteiger partial charge on any atom is 0.0583 e. The van der Waals surface area contributed by atoms with E-state index in [1.807, 2.05) is 0 Å². The van der Waals surface area contributed by atoms with Crippen LogP contribution in [0.15, 0.2) is 35.5 Å². The second-order valence-electron chi connectivity index (χ2n) is 11.4. The molecule has 2 N–H and O–H groups in total. The van der Waals surface area contributed by atoms with Crippen LogP contribution in [-0.4, -0.2) is 22.4 Å². The van der Waals surface area contributed by atoms with E-state index >= 15 is 0 Å². The maximum atomic E-state index is 11.0. The van der Waals surface area contributed by atoms with Crippen LogP contribution in [0.3, 0.4) is 0 Å². The Labute approximate surface area is 185 Å². The van der Waals surface area contributed by atoms with Crippen molar-refractivity contribution in [3.63, 3.8) is 0 Å². The third-order valence-corrected chi connectivity index (χ3v) is 9.22. The number of hydrogen-bond donors (Lipinski definition) is 2. The van der Waals surface area contributed by atoms with Gasteiger partial charge in [-0.05, 0) is 98.4 Å². The van der Waals surface area contributed by atoms with Crippen LogP contribution in [0.5, 0.6) is 0 Å². The van der Waals surface area contributed by atoms with E-state index < -0.39 is 0 Å². The van der Waals surface area contributed by atoms with Crippen LogP contribution in [0.4, 0.5) is 0 Å². The number of allylic oxidation sites excluding steroid dienone is 4. The van der Waals surface area contributed by atoms with Gasteiger partial charge in [-0.15, -0.1) is 0 Å². The molecule has 0 aromatic rings. The minimum Gasteiger partial charge on any atom is -0.393 e. The molecule has 0 aromatic carbocycles. The monoisotopic (exact) mass is 414 g/mol. The molecule has 7 atom stereocenters. The van der Waals surface area contributed by atoms with Gasteiger partial charge in [0.1, 0.15) is 0 Å². The van der Waals surface area contributed by atoms with Crippen LogP contribution >= 0.6 is 0 Å². The molecule has 2 nitrogen and oxygen atoms in total. The van der Waals surface area contributed by atoms with Crippen molar-refractivity contribution < 1.29 is 10.2 Å². The quantitative estimate of drug-likeness (QED) is 0.500. The van der Waals surface area contributed by atoms with Crippen LogP contribution < -0.4 is 0 Å². The summed E-state index contributed by atoms with van der Waals surface area (Å²) in [5.74, 6) is 2.82. The molecule has 170 valence electrons. The molecule has 0 unspecified atom stereocenters. The summed E-state index contributed by atoms with van der Waals surface area (Å²) in [5, 5.41) is 21.1. The average Bonchev–Trinajstić information content (AvgIpc) is 3.05. The molecule has 0 aliphatic heterocycles. The summed E-state index contributed by atoms with van der Waals surface area (Å²) < 4.78 is 0. The molecular formula is C28H46O2. The molecule has 3 fully saturated rings. The zero-order valence-corrected chi connectivity index (χ0v) is 20.2. The van der Waals surface area contributed by atoms with E-state index in [4.69, 9.17) is 0 Å². The second-order valence-corrected chi connectivity index (χ2v) is 11.4. The lowest BCUT2D eigenvalue weighted by molar-refractivity contribution is 0.00715. The first-order chi connectivity index (χ1) is 14.1. The highest BCUT2D eigenvalue weighted by Crippen LogP contribution is 2.60. The van der Waals surface area contributed by atoms with Crippen LogP contribution in [0.25, 0.3) is 0 Å². The van der Waals surface area contributed by atoms with Crippen LogP contribution in [0.1, 0.15) is 92.4 Å². The normalized spacial score (nSPS) is 38.1. The Hall–Kier alpha value is -0.860. The van der Waals surface area contributed by atoms with Crippen LogP contribution in [-0.2, 0) is 0 Å². The fourth-order valence-electron chi connectivity index (χ4n) is 6.67. The van der Waals surface area contributed by atoms with Crippen molar-refractivity contribution in [3.05, 3.63) is 35.5 Å². The molecule has 0 heterocycles. The van der Waals surface area contributed by atoms with E-state index in [0.29, 0.717) is 35.0 Å². The highest BCUT2D eigenvalue weighted by molar-refractivity contribution is 5.36. The fraction of sp³-hybridized carbons (Fsp3) is 0.786. The van der Waals surface area contributed by atoms with E-state index in [-0.39, 0.29) is 12.2 Å². The van der Waals surface area contributed by atoms with Gasteiger partial charge in [-0.1, -0.05) is 64.5 Å². The van der Waals surface area contributed by atoms with Gasteiger partial charge in [-0.2, -0.15) is 0 Å². The summed E-state index contributed by atoms with van der Waals surface area (Å²) in [6.07, 6.45) is 14.0. The lowest BCUT2D eigenvalue weighted by atomic mass is 9.60. The van der Waals surface area contributed by atoms with Gasteiger partial charge < -0.3 is 10.2 Å². The van der Waals surface area contributed by atoms with Crippen LogP contribution in [0, 0.1) is 35.0 Å². The number of fused-ring (bicyclic) bond motifs is 1. The average molecular weight is 415 g/mol. The minimum atomic E-state index is -0.205. The van der Waals surface area contributed by atoms with E-state index in [2.05, 4.69) is 53.3 Å². The fourth-order valence-corrected chi connectivity index (χ4v) is 6.67. The lowest BCUT2D eigenvalue weighted by Crippen LogP contribution is -2.39. The van der Waals surface area contributed by atoms with Gasteiger partial charge in [0.2, 0.25) is 0 Å².